The van der Waals surface area contributed by atoms with Crippen LogP contribution in [0.1, 0.15) is 13.3 Å². The van der Waals surface area contributed by atoms with Crippen LogP contribution in [0.25, 0.3) is 0 Å². The summed E-state index contributed by atoms with van der Waals surface area (Å²) in [6.45, 7) is 5.42. The molecule has 2 saturated heterocycles. The quantitative estimate of drug-likeness (QED) is 0.748. The van der Waals surface area contributed by atoms with E-state index in [4.69, 9.17) is 22.2 Å². The van der Waals surface area contributed by atoms with Gasteiger partial charge in [0.1, 0.15) is 12.5 Å². The van der Waals surface area contributed by atoms with Gasteiger partial charge in [-0.05, 0) is 31.2 Å². The van der Waals surface area contributed by atoms with Crippen molar-refractivity contribution >= 4 is 40.6 Å². The lowest BCUT2D eigenvalue weighted by atomic mass is 10.2. The Morgan fingerprint density at radius 2 is 1.89 bits per heavy atom. The van der Waals surface area contributed by atoms with Crippen LogP contribution >= 0.6 is 12.2 Å². The summed E-state index contributed by atoms with van der Waals surface area (Å²) < 4.78 is 5.37. The summed E-state index contributed by atoms with van der Waals surface area (Å²) in [6.07, 6.45) is -0.656. The van der Waals surface area contributed by atoms with Gasteiger partial charge in [-0.2, -0.15) is 5.26 Å². The molecule has 2 fully saturated rings. The van der Waals surface area contributed by atoms with Crippen LogP contribution in [0, 0.1) is 11.3 Å². The Morgan fingerprint density at radius 3 is 2.50 bits per heavy atom. The molecule has 2 heterocycles. The van der Waals surface area contributed by atoms with Crippen LogP contribution < -0.4 is 15.1 Å². The number of carbonyl (C=O) groups is 2. The Hall–Kier alpha value is -2.86. The number of benzene rings is 1. The molecule has 0 radical (unpaired) electrons. The molecule has 1 unspecified atom stereocenters. The fraction of sp³-hybridized carbons (Fsp3) is 0.474. The molecule has 2 aliphatic heterocycles. The van der Waals surface area contributed by atoms with E-state index in [1.54, 1.807) is 16.7 Å². The second-order valence-electron chi connectivity index (χ2n) is 6.77. The first kappa shape index (κ1) is 19.9. The van der Waals surface area contributed by atoms with Crippen molar-refractivity contribution in [2.24, 2.45) is 0 Å². The van der Waals surface area contributed by atoms with E-state index < -0.39 is 0 Å². The average molecular weight is 401 g/mol. The highest BCUT2D eigenvalue weighted by molar-refractivity contribution is 7.80. The van der Waals surface area contributed by atoms with Crippen molar-refractivity contribution in [2.75, 3.05) is 49.1 Å². The Bertz CT molecular complexity index is 784. The number of cyclic esters (lactones) is 1. The maximum atomic E-state index is 12.1. The summed E-state index contributed by atoms with van der Waals surface area (Å²) in [5.74, 6) is -0.113. The number of amides is 2. The van der Waals surface area contributed by atoms with Crippen molar-refractivity contribution in [2.45, 2.75) is 19.4 Å². The highest BCUT2D eigenvalue weighted by Crippen LogP contribution is 2.25. The fourth-order valence-corrected chi connectivity index (χ4v) is 3.42. The molecule has 8 nitrogen and oxygen atoms in total. The molecular formula is C19H23N5O3S. The summed E-state index contributed by atoms with van der Waals surface area (Å²) in [4.78, 5) is 30.2. The van der Waals surface area contributed by atoms with Crippen LogP contribution in [0.15, 0.2) is 24.3 Å². The van der Waals surface area contributed by atoms with Crippen LogP contribution in [-0.4, -0.2) is 67.3 Å². The number of hydrogen-bond donors (Lipinski definition) is 1. The van der Waals surface area contributed by atoms with Crippen molar-refractivity contribution in [3.8, 4) is 6.07 Å². The number of nitrogens with one attached hydrogen (secondary N) is 1. The topological polar surface area (TPSA) is 88.9 Å². The second-order valence-corrected chi connectivity index (χ2v) is 7.38. The molecule has 1 N–H and O–H groups in total. The fourth-order valence-electron chi connectivity index (χ4n) is 3.33. The van der Waals surface area contributed by atoms with Crippen molar-refractivity contribution in [1.82, 2.24) is 10.2 Å². The first-order valence-corrected chi connectivity index (χ1v) is 9.61. The zero-order valence-corrected chi connectivity index (χ0v) is 16.6. The average Bonchev–Trinajstić information content (AvgIpc) is 3.07. The first-order chi connectivity index (χ1) is 13.5. The van der Waals surface area contributed by atoms with Crippen LogP contribution in [0.4, 0.5) is 16.2 Å². The SMILES string of the molecule is CC(=S)NCC1CN(c2ccc(N3CCN(C(=O)CC#N)CC3)cc2)C(=O)O1. The van der Waals surface area contributed by atoms with Gasteiger partial charge < -0.3 is 19.9 Å². The standard InChI is InChI=1S/C19H23N5O3S/c1-14(28)21-12-17-13-24(19(26)27-17)16-4-2-15(3-5-16)22-8-10-23(11-9-22)18(25)6-7-20/h2-5,17H,6,8-13H2,1H3,(H,21,28). The van der Waals surface area contributed by atoms with E-state index in [2.05, 4.69) is 10.2 Å². The number of piperazine rings is 1. The molecule has 2 aliphatic rings. The van der Waals surface area contributed by atoms with Gasteiger partial charge in [-0.15, -0.1) is 0 Å². The first-order valence-electron chi connectivity index (χ1n) is 9.20. The molecule has 1 atom stereocenters. The Kier molecular flexibility index (Phi) is 6.31. The van der Waals surface area contributed by atoms with Gasteiger partial charge in [0.2, 0.25) is 5.91 Å². The summed E-state index contributed by atoms with van der Waals surface area (Å²) in [5, 5.41) is 11.7. The predicted octanol–water partition coefficient (Wildman–Crippen LogP) is 1.51. The predicted molar refractivity (Wildman–Crippen MR) is 109 cm³/mol. The Morgan fingerprint density at radius 1 is 1.25 bits per heavy atom. The molecule has 1 aromatic carbocycles. The number of nitrogens with zero attached hydrogens (tertiary/aromatic N) is 4. The summed E-state index contributed by atoms with van der Waals surface area (Å²) in [7, 11) is 0. The van der Waals surface area contributed by atoms with Gasteiger partial charge >= 0.3 is 6.09 Å². The third kappa shape index (κ3) is 4.70. The van der Waals surface area contributed by atoms with E-state index in [1.165, 1.54) is 0 Å². The minimum atomic E-state index is -0.355. The molecule has 0 aromatic heterocycles. The number of thiocarbonyl (C=S) groups is 1. The van der Waals surface area contributed by atoms with Crippen LogP contribution in [0.3, 0.4) is 0 Å². The second kappa shape index (κ2) is 8.89. The van der Waals surface area contributed by atoms with Gasteiger partial charge in [-0.25, -0.2) is 4.79 Å². The highest BCUT2D eigenvalue weighted by Gasteiger charge is 2.32. The van der Waals surface area contributed by atoms with E-state index in [0.29, 0.717) is 44.3 Å². The molecule has 9 heteroatoms. The van der Waals surface area contributed by atoms with Gasteiger partial charge in [0.05, 0.1) is 24.1 Å². The largest absolute Gasteiger partial charge is 0.442 e. The van der Waals surface area contributed by atoms with Gasteiger partial charge in [-0.3, -0.25) is 9.69 Å². The van der Waals surface area contributed by atoms with E-state index in [9.17, 15) is 9.59 Å². The van der Waals surface area contributed by atoms with E-state index in [0.717, 1.165) is 11.4 Å². The van der Waals surface area contributed by atoms with E-state index in [-0.39, 0.29) is 24.5 Å². The Labute approximate surface area is 169 Å². The van der Waals surface area contributed by atoms with E-state index in [1.807, 2.05) is 30.3 Å². The summed E-state index contributed by atoms with van der Waals surface area (Å²) in [6, 6.07) is 9.67. The molecule has 148 valence electrons. The van der Waals surface area contributed by atoms with Gasteiger partial charge in [0, 0.05) is 37.6 Å². The number of ether oxygens (including phenoxy) is 1. The van der Waals surface area contributed by atoms with Gasteiger partial charge in [0.25, 0.3) is 0 Å². The monoisotopic (exact) mass is 401 g/mol. The molecule has 0 aliphatic carbocycles. The van der Waals surface area contributed by atoms with Crippen LogP contribution in [0.2, 0.25) is 0 Å². The molecule has 2 amide bonds. The highest BCUT2D eigenvalue weighted by atomic mass is 32.1. The lowest BCUT2D eigenvalue weighted by molar-refractivity contribution is -0.130. The maximum absolute atomic E-state index is 12.1. The zero-order chi connectivity index (χ0) is 20.1. The van der Waals surface area contributed by atoms with E-state index >= 15 is 0 Å². The number of rotatable bonds is 5. The molecule has 0 bridgehead atoms. The summed E-state index contributed by atoms with van der Waals surface area (Å²) in [5.41, 5.74) is 1.83. The molecular weight excluding hydrogens is 378 g/mol. The third-order valence-corrected chi connectivity index (χ3v) is 4.99. The lowest BCUT2D eigenvalue weighted by Gasteiger charge is -2.36. The zero-order valence-electron chi connectivity index (χ0n) is 15.8. The molecule has 28 heavy (non-hydrogen) atoms. The molecule has 0 spiro atoms. The number of hydrogen-bond acceptors (Lipinski definition) is 6. The van der Waals surface area contributed by atoms with Gasteiger partial charge in [0.15, 0.2) is 0 Å². The van der Waals surface area contributed by atoms with Crippen molar-refractivity contribution in [1.29, 1.82) is 5.26 Å². The number of carbonyl (C=O) groups excluding carboxylic acids is 2. The van der Waals surface area contributed by atoms with Crippen LogP contribution in [0.5, 0.6) is 0 Å². The Balaban J connectivity index is 1.56. The molecule has 3 rings (SSSR count). The lowest BCUT2D eigenvalue weighted by Crippen LogP contribution is -2.48. The van der Waals surface area contributed by atoms with Crippen molar-refractivity contribution in [3.05, 3.63) is 24.3 Å². The number of anilines is 2. The minimum Gasteiger partial charge on any atom is -0.442 e. The van der Waals surface area contributed by atoms with Gasteiger partial charge in [-0.1, -0.05) is 12.2 Å². The molecule has 1 aromatic rings. The number of nitriles is 1. The maximum Gasteiger partial charge on any atom is 0.414 e. The van der Waals surface area contributed by atoms with Crippen LogP contribution in [-0.2, 0) is 9.53 Å². The summed E-state index contributed by atoms with van der Waals surface area (Å²) >= 11 is 4.99. The van der Waals surface area contributed by atoms with Crippen molar-refractivity contribution in [3.63, 3.8) is 0 Å². The van der Waals surface area contributed by atoms with Crippen molar-refractivity contribution < 1.29 is 14.3 Å². The smallest absolute Gasteiger partial charge is 0.414 e. The normalized spacial score (nSPS) is 19.2. The molecule has 0 saturated carbocycles. The minimum absolute atomic E-state index is 0.0683. The third-order valence-electron chi connectivity index (χ3n) is 4.84.